The standard InChI is InChI=1S/C17H15ClFNO3S/c1-2-24-15-6-4-3-5-12(15)17(22)23-10-16(21)20-14-9-11(18)7-8-13(14)19/h3-9H,2,10H2,1H3,(H,20,21). The van der Waals surface area contributed by atoms with E-state index in [0.717, 1.165) is 16.7 Å². The SMILES string of the molecule is CCSc1ccccc1C(=O)OCC(=O)Nc1cc(Cl)ccc1F. The number of nitrogens with one attached hydrogen (secondary N) is 1. The molecule has 4 nitrogen and oxygen atoms in total. The maximum atomic E-state index is 13.5. The molecular weight excluding hydrogens is 353 g/mol. The molecule has 0 aliphatic heterocycles. The minimum absolute atomic E-state index is 0.0644. The molecule has 2 aromatic carbocycles. The fraction of sp³-hybridized carbons (Fsp3) is 0.176. The molecule has 24 heavy (non-hydrogen) atoms. The summed E-state index contributed by atoms with van der Waals surface area (Å²) in [5.74, 6) is -1.07. The highest BCUT2D eigenvalue weighted by atomic mass is 35.5. The normalized spacial score (nSPS) is 10.3. The van der Waals surface area contributed by atoms with Gasteiger partial charge in [-0.25, -0.2) is 9.18 Å². The van der Waals surface area contributed by atoms with Crippen LogP contribution in [0.5, 0.6) is 0 Å². The molecule has 0 saturated heterocycles. The molecule has 0 bridgehead atoms. The van der Waals surface area contributed by atoms with Crippen molar-refractivity contribution >= 4 is 40.9 Å². The number of hydrogen-bond acceptors (Lipinski definition) is 4. The second-order valence-corrected chi connectivity index (χ2v) is 6.42. The number of thioether (sulfide) groups is 1. The van der Waals surface area contributed by atoms with Crippen molar-refractivity contribution in [1.29, 1.82) is 0 Å². The molecule has 0 aliphatic carbocycles. The van der Waals surface area contributed by atoms with Crippen LogP contribution in [0.1, 0.15) is 17.3 Å². The summed E-state index contributed by atoms with van der Waals surface area (Å²) in [6.45, 7) is 1.45. The molecule has 2 aromatic rings. The van der Waals surface area contributed by atoms with E-state index in [1.165, 1.54) is 23.9 Å². The van der Waals surface area contributed by atoms with Crippen molar-refractivity contribution in [3.05, 3.63) is 58.9 Å². The Labute approximate surface area is 148 Å². The van der Waals surface area contributed by atoms with Crippen LogP contribution >= 0.6 is 23.4 Å². The van der Waals surface area contributed by atoms with Crippen molar-refractivity contribution in [3.8, 4) is 0 Å². The Morgan fingerprint density at radius 1 is 1.25 bits per heavy atom. The first kappa shape index (κ1) is 18.3. The summed E-state index contributed by atoms with van der Waals surface area (Å²) < 4.78 is 18.5. The molecule has 0 fully saturated rings. The molecule has 0 heterocycles. The average Bonchev–Trinajstić information content (AvgIpc) is 2.57. The molecule has 1 N–H and O–H groups in total. The minimum Gasteiger partial charge on any atom is -0.452 e. The lowest BCUT2D eigenvalue weighted by Gasteiger charge is -2.09. The van der Waals surface area contributed by atoms with Crippen LogP contribution in [0, 0.1) is 5.82 Å². The van der Waals surface area contributed by atoms with Gasteiger partial charge in [-0.3, -0.25) is 4.79 Å². The molecule has 0 unspecified atom stereocenters. The summed E-state index contributed by atoms with van der Waals surface area (Å²) in [5, 5.41) is 2.60. The van der Waals surface area contributed by atoms with E-state index in [4.69, 9.17) is 16.3 Å². The quantitative estimate of drug-likeness (QED) is 0.607. The summed E-state index contributed by atoms with van der Waals surface area (Å²) in [6, 6.07) is 10.8. The molecule has 0 radical (unpaired) electrons. The van der Waals surface area contributed by atoms with Crippen molar-refractivity contribution < 1.29 is 18.7 Å². The third-order valence-corrected chi connectivity index (χ3v) is 4.13. The van der Waals surface area contributed by atoms with Gasteiger partial charge in [0.2, 0.25) is 0 Å². The smallest absolute Gasteiger partial charge is 0.339 e. The first-order chi connectivity index (χ1) is 11.5. The van der Waals surface area contributed by atoms with Gasteiger partial charge in [-0.05, 0) is 36.1 Å². The third kappa shape index (κ3) is 4.97. The lowest BCUT2D eigenvalue weighted by atomic mass is 10.2. The van der Waals surface area contributed by atoms with E-state index in [1.807, 2.05) is 19.1 Å². The maximum absolute atomic E-state index is 13.5. The molecule has 0 aromatic heterocycles. The number of rotatable bonds is 6. The zero-order valence-corrected chi connectivity index (χ0v) is 14.4. The fourth-order valence-electron chi connectivity index (χ4n) is 1.91. The van der Waals surface area contributed by atoms with Crippen molar-refractivity contribution in [2.75, 3.05) is 17.7 Å². The van der Waals surface area contributed by atoms with Crippen molar-refractivity contribution in [2.24, 2.45) is 0 Å². The Kier molecular flexibility index (Phi) is 6.63. The van der Waals surface area contributed by atoms with Crippen LogP contribution in [0.15, 0.2) is 47.4 Å². The maximum Gasteiger partial charge on any atom is 0.339 e. The van der Waals surface area contributed by atoms with Crippen LogP contribution in [0.4, 0.5) is 10.1 Å². The molecule has 2 rings (SSSR count). The van der Waals surface area contributed by atoms with Gasteiger partial charge in [0, 0.05) is 9.92 Å². The van der Waals surface area contributed by atoms with Gasteiger partial charge in [0.15, 0.2) is 6.61 Å². The number of carbonyl (C=O) groups is 2. The van der Waals surface area contributed by atoms with E-state index in [0.29, 0.717) is 5.56 Å². The molecule has 0 spiro atoms. The highest BCUT2D eigenvalue weighted by Crippen LogP contribution is 2.23. The van der Waals surface area contributed by atoms with Crippen LogP contribution in [0.2, 0.25) is 5.02 Å². The van der Waals surface area contributed by atoms with E-state index in [2.05, 4.69) is 5.32 Å². The fourth-order valence-corrected chi connectivity index (χ4v) is 2.87. The van der Waals surface area contributed by atoms with E-state index < -0.39 is 24.3 Å². The number of halogens is 2. The first-order valence-corrected chi connectivity index (χ1v) is 8.51. The summed E-state index contributed by atoms with van der Waals surface area (Å²) in [5.41, 5.74) is 0.330. The van der Waals surface area contributed by atoms with E-state index >= 15 is 0 Å². The monoisotopic (exact) mass is 367 g/mol. The van der Waals surface area contributed by atoms with Gasteiger partial charge in [0.05, 0.1) is 11.3 Å². The van der Waals surface area contributed by atoms with E-state index in [9.17, 15) is 14.0 Å². The Balaban J connectivity index is 1.96. The Morgan fingerprint density at radius 2 is 2.00 bits per heavy atom. The van der Waals surface area contributed by atoms with Crippen molar-refractivity contribution in [1.82, 2.24) is 0 Å². The number of anilines is 1. The summed E-state index contributed by atoms with van der Waals surface area (Å²) in [4.78, 5) is 24.7. The molecule has 7 heteroatoms. The molecule has 0 aliphatic rings. The number of ether oxygens (including phenoxy) is 1. The summed E-state index contributed by atoms with van der Waals surface area (Å²) in [6.07, 6.45) is 0. The Morgan fingerprint density at radius 3 is 2.75 bits per heavy atom. The molecule has 0 atom stereocenters. The molecular formula is C17H15ClFNO3S. The largest absolute Gasteiger partial charge is 0.452 e. The van der Waals surface area contributed by atoms with E-state index in [-0.39, 0.29) is 10.7 Å². The summed E-state index contributed by atoms with van der Waals surface area (Å²) in [7, 11) is 0. The van der Waals surface area contributed by atoms with Crippen LogP contribution in [0.3, 0.4) is 0 Å². The van der Waals surface area contributed by atoms with Gasteiger partial charge in [-0.1, -0.05) is 30.7 Å². The predicted octanol–water partition coefficient (Wildman–Crippen LogP) is 4.39. The molecule has 0 saturated carbocycles. The highest BCUT2D eigenvalue weighted by molar-refractivity contribution is 7.99. The van der Waals surface area contributed by atoms with Gasteiger partial charge in [0.1, 0.15) is 5.82 Å². The van der Waals surface area contributed by atoms with Crippen LogP contribution in [0.25, 0.3) is 0 Å². The van der Waals surface area contributed by atoms with Crippen molar-refractivity contribution in [2.45, 2.75) is 11.8 Å². The third-order valence-electron chi connectivity index (χ3n) is 2.94. The second kappa shape index (κ2) is 8.70. The van der Waals surface area contributed by atoms with Gasteiger partial charge in [0.25, 0.3) is 5.91 Å². The topological polar surface area (TPSA) is 55.4 Å². The number of benzene rings is 2. The zero-order chi connectivity index (χ0) is 17.5. The first-order valence-electron chi connectivity index (χ1n) is 7.15. The van der Waals surface area contributed by atoms with Crippen LogP contribution in [-0.4, -0.2) is 24.2 Å². The van der Waals surface area contributed by atoms with Gasteiger partial charge < -0.3 is 10.1 Å². The lowest BCUT2D eigenvalue weighted by Crippen LogP contribution is -2.21. The number of amides is 1. The number of carbonyl (C=O) groups excluding carboxylic acids is 2. The second-order valence-electron chi connectivity index (χ2n) is 4.68. The lowest BCUT2D eigenvalue weighted by molar-refractivity contribution is -0.119. The Hall–Kier alpha value is -2.05. The Bertz CT molecular complexity index is 754. The number of hydrogen-bond donors (Lipinski definition) is 1. The predicted molar refractivity (Wildman–Crippen MR) is 93.2 cm³/mol. The van der Waals surface area contributed by atoms with E-state index in [1.54, 1.807) is 12.1 Å². The van der Waals surface area contributed by atoms with Crippen LogP contribution < -0.4 is 5.32 Å². The van der Waals surface area contributed by atoms with Crippen LogP contribution in [-0.2, 0) is 9.53 Å². The average molecular weight is 368 g/mol. The molecule has 126 valence electrons. The molecule has 1 amide bonds. The zero-order valence-electron chi connectivity index (χ0n) is 12.8. The van der Waals surface area contributed by atoms with Gasteiger partial charge in [-0.2, -0.15) is 0 Å². The summed E-state index contributed by atoms with van der Waals surface area (Å²) >= 11 is 7.25. The van der Waals surface area contributed by atoms with Gasteiger partial charge >= 0.3 is 5.97 Å². The van der Waals surface area contributed by atoms with Crippen molar-refractivity contribution in [3.63, 3.8) is 0 Å². The minimum atomic E-state index is -0.648. The number of esters is 1. The van der Waals surface area contributed by atoms with Gasteiger partial charge in [-0.15, -0.1) is 11.8 Å². The highest BCUT2D eigenvalue weighted by Gasteiger charge is 2.15.